The number of nitrogens with one attached hydrogen (secondary N) is 1. The molecule has 0 atom stereocenters. The van der Waals surface area contributed by atoms with Crippen LogP contribution in [0.1, 0.15) is 0 Å². The van der Waals surface area contributed by atoms with E-state index in [2.05, 4.69) is 0 Å². The van der Waals surface area contributed by atoms with Gasteiger partial charge >= 0.3 is 6.03 Å². The largest absolute Gasteiger partial charge is 0.383 e. The van der Waals surface area contributed by atoms with E-state index in [4.69, 9.17) is 5.41 Å². The molecule has 0 unspecified atom stereocenters. The van der Waals surface area contributed by atoms with Crippen LogP contribution in [0.4, 0.5) is 4.79 Å². The summed E-state index contributed by atoms with van der Waals surface area (Å²) >= 11 is 0. The molecule has 0 bridgehead atoms. The van der Waals surface area contributed by atoms with Crippen molar-refractivity contribution in [2.45, 2.75) is 0 Å². The molecule has 0 radical (unpaired) electrons. The molecule has 1 N–H and O–H groups in total. The first-order valence-electron chi connectivity index (χ1n) is 4.39. The monoisotopic (exact) mass is 210 g/mol. The molecular weight excluding hydrogens is 196 g/mol. The molecule has 0 aliphatic carbocycles. The molecule has 1 aliphatic heterocycles. The predicted octanol–water partition coefficient (Wildman–Crippen LogP) is -0.0670. The Hall–Kier alpha value is -1.85. The first kappa shape index (κ1) is 11.2. The SMILES string of the molecule is CN(C)/C=C1\C(=N)N(C)C(=O)N(C)C1=O. The Morgan fingerprint density at radius 3 is 2.20 bits per heavy atom. The Bertz CT molecular complexity index is 333. The van der Waals surface area contributed by atoms with Crippen LogP contribution < -0.4 is 0 Å². The predicted molar refractivity (Wildman–Crippen MR) is 55.4 cm³/mol. The van der Waals surface area contributed by atoms with Crippen molar-refractivity contribution in [3.8, 4) is 0 Å². The van der Waals surface area contributed by atoms with E-state index in [1.165, 1.54) is 20.3 Å². The van der Waals surface area contributed by atoms with Gasteiger partial charge in [0.05, 0.1) is 5.57 Å². The zero-order valence-corrected chi connectivity index (χ0v) is 9.24. The minimum absolute atomic E-state index is 0.0724. The van der Waals surface area contributed by atoms with Gasteiger partial charge in [-0.1, -0.05) is 0 Å². The zero-order chi connectivity index (χ0) is 11.7. The summed E-state index contributed by atoms with van der Waals surface area (Å²) in [7, 11) is 6.38. The molecule has 6 heteroatoms. The molecule has 0 aromatic heterocycles. The van der Waals surface area contributed by atoms with E-state index in [9.17, 15) is 9.59 Å². The van der Waals surface area contributed by atoms with Crippen LogP contribution in [0.25, 0.3) is 0 Å². The van der Waals surface area contributed by atoms with Crippen molar-refractivity contribution in [2.24, 2.45) is 0 Å². The summed E-state index contributed by atoms with van der Waals surface area (Å²) in [5.41, 5.74) is 0.213. The molecule has 6 nitrogen and oxygen atoms in total. The third kappa shape index (κ3) is 1.83. The van der Waals surface area contributed by atoms with Gasteiger partial charge in [0.2, 0.25) is 0 Å². The third-order valence-corrected chi connectivity index (χ3v) is 2.09. The van der Waals surface area contributed by atoms with E-state index in [0.717, 1.165) is 9.80 Å². The van der Waals surface area contributed by atoms with Gasteiger partial charge in [-0.05, 0) is 0 Å². The number of urea groups is 1. The molecule has 0 aromatic rings. The highest BCUT2D eigenvalue weighted by molar-refractivity contribution is 6.29. The lowest BCUT2D eigenvalue weighted by atomic mass is 10.1. The minimum atomic E-state index is -0.485. The van der Waals surface area contributed by atoms with E-state index in [1.807, 2.05) is 0 Å². The molecule has 0 aromatic carbocycles. The number of carbonyl (C=O) groups is 2. The van der Waals surface area contributed by atoms with Crippen LogP contribution in [0.2, 0.25) is 0 Å². The maximum Gasteiger partial charge on any atom is 0.332 e. The highest BCUT2D eigenvalue weighted by atomic mass is 16.2. The topological polar surface area (TPSA) is 67.7 Å². The maximum atomic E-state index is 11.7. The Morgan fingerprint density at radius 1 is 1.20 bits per heavy atom. The van der Waals surface area contributed by atoms with Gasteiger partial charge in [-0.15, -0.1) is 0 Å². The summed E-state index contributed by atoms with van der Waals surface area (Å²) in [5, 5.41) is 7.66. The second kappa shape index (κ2) is 3.72. The van der Waals surface area contributed by atoms with E-state index in [0.29, 0.717) is 0 Å². The molecular formula is C9H14N4O2. The number of carbonyl (C=O) groups excluding carboxylic acids is 2. The quantitative estimate of drug-likeness (QED) is 0.616. The highest BCUT2D eigenvalue weighted by Gasteiger charge is 2.35. The number of imide groups is 1. The second-order valence-corrected chi connectivity index (χ2v) is 3.56. The lowest BCUT2D eigenvalue weighted by Crippen LogP contribution is -2.53. The van der Waals surface area contributed by atoms with Crippen LogP contribution in [0.5, 0.6) is 0 Å². The van der Waals surface area contributed by atoms with E-state index in [1.54, 1.807) is 19.0 Å². The van der Waals surface area contributed by atoms with Crippen LogP contribution in [0.3, 0.4) is 0 Å². The summed E-state index contributed by atoms with van der Waals surface area (Å²) in [5.74, 6) is -0.520. The molecule has 15 heavy (non-hydrogen) atoms. The fourth-order valence-corrected chi connectivity index (χ4v) is 1.24. The molecule has 3 amide bonds. The number of hydrogen-bond acceptors (Lipinski definition) is 4. The zero-order valence-electron chi connectivity index (χ0n) is 9.24. The summed E-state index contributed by atoms with van der Waals surface area (Å²) in [6.45, 7) is 0. The highest BCUT2D eigenvalue weighted by Crippen LogP contribution is 2.14. The lowest BCUT2D eigenvalue weighted by Gasteiger charge is -2.31. The number of likely N-dealkylation sites (N-methyl/N-ethyl adjacent to an activating group) is 2. The normalized spacial score (nSPS) is 20.3. The number of amides is 3. The summed E-state index contributed by atoms with van der Waals surface area (Å²) in [6, 6.07) is -0.485. The first-order chi connectivity index (χ1) is 6.86. The molecule has 82 valence electrons. The molecule has 1 heterocycles. The Morgan fingerprint density at radius 2 is 1.73 bits per heavy atom. The van der Waals surface area contributed by atoms with E-state index >= 15 is 0 Å². The van der Waals surface area contributed by atoms with Crippen molar-refractivity contribution in [1.82, 2.24) is 14.7 Å². The Labute approximate surface area is 88.3 Å². The van der Waals surface area contributed by atoms with Crippen LogP contribution >= 0.6 is 0 Å². The molecule has 0 saturated carbocycles. The van der Waals surface area contributed by atoms with Crippen molar-refractivity contribution >= 4 is 17.8 Å². The fraction of sp³-hybridized carbons (Fsp3) is 0.444. The van der Waals surface area contributed by atoms with Gasteiger partial charge in [0.25, 0.3) is 5.91 Å². The standard InChI is InChI=1S/C9H14N4O2/c1-11(2)5-6-7(10)12(3)9(15)13(4)8(6)14/h5,10H,1-4H3/b6-5+,10-7?. The average Bonchev–Trinajstić information content (AvgIpc) is 2.18. The summed E-state index contributed by atoms with van der Waals surface area (Å²) in [6.07, 6.45) is 1.53. The lowest BCUT2D eigenvalue weighted by molar-refractivity contribution is -0.123. The van der Waals surface area contributed by atoms with Gasteiger partial charge in [-0.2, -0.15) is 0 Å². The fourth-order valence-electron chi connectivity index (χ4n) is 1.24. The van der Waals surface area contributed by atoms with Crippen molar-refractivity contribution in [3.05, 3.63) is 11.8 Å². The van der Waals surface area contributed by atoms with Crippen LogP contribution in [0.15, 0.2) is 11.8 Å². The Kier molecular flexibility index (Phi) is 2.78. The van der Waals surface area contributed by atoms with E-state index in [-0.39, 0.29) is 11.4 Å². The smallest absolute Gasteiger partial charge is 0.332 e. The number of amidine groups is 1. The molecule has 1 aliphatic rings. The number of nitrogens with zero attached hydrogens (tertiary/aromatic N) is 3. The van der Waals surface area contributed by atoms with Gasteiger partial charge in [-0.25, -0.2) is 4.79 Å². The van der Waals surface area contributed by atoms with Crippen LogP contribution in [-0.2, 0) is 4.79 Å². The molecule has 1 fully saturated rings. The number of rotatable bonds is 1. The molecule has 1 rings (SSSR count). The average molecular weight is 210 g/mol. The second-order valence-electron chi connectivity index (χ2n) is 3.56. The van der Waals surface area contributed by atoms with Crippen molar-refractivity contribution in [1.29, 1.82) is 5.41 Å². The van der Waals surface area contributed by atoms with Gasteiger partial charge in [0, 0.05) is 34.4 Å². The van der Waals surface area contributed by atoms with Crippen molar-refractivity contribution < 1.29 is 9.59 Å². The first-order valence-corrected chi connectivity index (χ1v) is 4.39. The summed E-state index contributed by atoms with van der Waals surface area (Å²) in [4.78, 5) is 26.9. The van der Waals surface area contributed by atoms with E-state index < -0.39 is 11.9 Å². The van der Waals surface area contributed by atoms with Crippen molar-refractivity contribution in [2.75, 3.05) is 28.2 Å². The van der Waals surface area contributed by atoms with Gasteiger partial charge < -0.3 is 4.90 Å². The molecule has 1 saturated heterocycles. The van der Waals surface area contributed by atoms with Crippen molar-refractivity contribution in [3.63, 3.8) is 0 Å². The van der Waals surface area contributed by atoms with Gasteiger partial charge in [0.1, 0.15) is 5.84 Å². The van der Waals surface area contributed by atoms with Gasteiger partial charge in [0.15, 0.2) is 0 Å². The minimum Gasteiger partial charge on any atom is -0.383 e. The van der Waals surface area contributed by atoms with Crippen LogP contribution in [0, 0.1) is 5.41 Å². The van der Waals surface area contributed by atoms with Gasteiger partial charge in [-0.3, -0.25) is 20.0 Å². The maximum absolute atomic E-state index is 11.7. The third-order valence-electron chi connectivity index (χ3n) is 2.09. The number of hydrogen-bond donors (Lipinski definition) is 1. The Balaban J connectivity index is 3.14. The molecule has 0 spiro atoms. The van der Waals surface area contributed by atoms with Crippen LogP contribution in [-0.4, -0.2) is 60.7 Å². The summed E-state index contributed by atoms with van der Waals surface area (Å²) < 4.78 is 0.